The van der Waals surface area contributed by atoms with Crippen LogP contribution in [0.25, 0.3) is 10.9 Å². The number of para-hydroxylation sites is 1. The lowest BCUT2D eigenvalue weighted by Gasteiger charge is -2.31. The molecule has 0 aliphatic carbocycles. The maximum absolute atomic E-state index is 12.4. The van der Waals surface area contributed by atoms with E-state index in [9.17, 15) is 4.79 Å². The number of carbonyl (C=O) groups is 1. The molecule has 0 atom stereocenters. The average molecular weight is 362 g/mol. The summed E-state index contributed by atoms with van der Waals surface area (Å²) in [6.07, 6.45) is 6.79. The highest BCUT2D eigenvalue weighted by Gasteiger charge is 2.24. The molecule has 0 saturated carbocycles. The summed E-state index contributed by atoms with van der Waals surface area (Å²) in [5, 5.41) is 4.35. The summed E-state index contributed by atoms with van der Waals surface area (Å²) >= 11 is 0. The van der Waals surface area contributed by atoms with Crippen LogP contribution >= 0.6 is 0 Å². The number of piperidine rings is 1. The first kappa shape index (κ1) is 17.7. The maximum atomic E-state index is 12.4. The summed E-state index contributed by atoms with van der Waals surface area (Å²) in [4.78, 5) is 22.5. The van der Waals surface area contributed by atoms with Gasteiger partial charge in [-0.15, -0.1) is 0 Å². The van der Waals surface area contributed by atoms with Gasteiger partial charge in [0.2, 0.25) is 5.91 Å². The molecule has 2 aromatic heterocycles. The van der Waals surface area contributed by atoms with Crippen molar-refractivity contribution in [2.24, 2.45) is 5.92 Å². The molecule has 5 nitrogen and oxygen atoms in total. The van der Waals surface area contributed by atoms with Crippen molar-refractivity contribution in [3.05, 3.63) is 66.1 Å². The quantitative estimate of drug-likeness (QED) is 0.708. The number of likely N-dealkylation sites (tertiary alicyclic amines) is 1. The molecule has 1 amide bonds. The number of aromatic amines is 1. The number of hydrogen-bond acceptors (Lipinski definition) is 3. The first-order valence-corrected chi connectivity index (χ1v) is 9.74. The van der Waals surface area contributed by atoms with Crippen molar-refractivity contribution < 1.29 is 4.79 Å². The Balaban J connectivity index is 1.22. The summed E-state index contributed by atoms with van der Waals surface area (Å²) in [5.74, 6) is 0.287. The van der Waals surface area contributed by atoms with Crippen molar-refractivity contribution in [3.8, 4) is 0 Å². The van der Waals surface area contributed by atoms with Crippen LogP contribution in [0, 0.1) is 5.92 Å². The number of benzene rings is 1. The van der Waals surface area contributed by atoms with Gasteiger partial charge in [0.05, 0.1) is 12.2 Å². The fraction of sp³-hybridized carbons (Fsp3) is 0.364. The molecule has 0 unspecified atom stereocenters. The van der Waals surface area contributed by atoms with Gasteiger partial charge in [0, 0.05) is 35.8 Å². The Morgan fingerprint density at radius 2 is 1.96 bits per heavy atom. The Bertz CT molecular complexity index is 881. The van der Waals surface area contributed by atoms with E-state index in [4.69, 9.17) is 0 Å². The highest BCUT2D eigenvalue weighted by molar-refractivity contribution is 5.83. The fourth-order valence-corrected chi connectivity index (χ4v) is 3.86. The Hall–Kier alpha value is -2.66. The van der Waals surface area contributed by atoms with Crippen LogP contribution < -0.4 is 5.32 Å². The maximum Gasteiger partial charge on any atom is 0.223 e. The number of fused-ring (bicyclic) bond motifs is 1. The molecule has 5 heteroatoms. The zero-order valence-corrected chi connectivity index (χ0v) is 15.5. The van der Waals surface area contributed by atoms with Gasteiger partial charge in [-0.25, -0.2) is 0 Å². The molecule has 3 heterocycles. The number of carbonyl (C=O) groups excluding carboxylic acids is 1. The Kier molecular flexibility index (Phi) is 5.49. The summed E-state index contributed by atoms with van der Waals surface area (Å²) in [6.45, 7) is 3.54. The molecule has 1 aromatic carbocycles. The van der Waals surface area contributed by atoms with Gasteiger partial charge < -0.3 is 15.2 Å². The van der Waals surface area contributed by atoms with Gasteiger partial charge in [-0.1, -0.05) is 24.3 Å². The third-order valence-electron chi connectivity index (χ3n) is 5.50. The van der Waals surface area contributed by atoms with Gasteiger partial charge in [-0.05, 0) is 56.1 Å². The second-order valence-electron chi connectivity index (χ2n) is 7.26. The van der Waals surface area contributed by atoms with Crippen molar-refractivity contribution in [2.45, 2.75) is 25.8 Å². The minimum atomic E-state index is 0.123. The number of aromatic nitrogens is 2. The Labute approximate surface area is 159 Å². The highest BCUT2D eigenvalue weighted by atomic mass is 16.1. The van der Waals surface area contributed by atoms with E-state index in [1.807, 2.05) is 18.2 Å². The normalized spacial score (nSPS) is 15.9. The Morgan fingerprint density at radius 3 is 2.78 bits per heavy atom. The summed E-state index contributed by atoms with van der Waals surface area (Å²) in [6, 6.07) is 14.2. The highest BCUT2D eigenvalue weighted by Crippen LogP contribution is 2.21. The van der Waals surface area contributed by atoms with Crippen LogP contribution in [-0.4, -0.2) is 40.4 Å². The molecule has 1 fully saturated rings. The van der Waals surface area contributed by atoms with Gasteiger partial charge >= 0.3 is 0 Å². The van der Waals surface area contributed by atoms with E-state index in [0.717, 1.165) is 44.6 Å². The minimum Gasteiger partial charge on any atom is -0.361 e. The third-order valence-corrected chi connectivity index (χ3v) is 5.50. The second-order valence-corrected chi connectivity index (χ2v) is 7.26. The lowest BCUT2D eigenvalue weighted by Crippen LogP contribution is -2.41. The van der Waals surface area contributed by atoms with Crippen LogP contribution in [0.1, 0.15) is 24.1 Å². The molecule has 3 aromatic rings. The molecular weight excluding hydrogens is 336 g/mol. The number of amides is 1. The fourth-order valence-electron chi connectivity index (χ4n) is 3.86. The largest absolute Gasteiger partial charge is 0.361 e. The van der Waals surface area contributed by atoms with Crippen molar-refractivity contribution >= 4 is 16.8 Å². The van der Waals surface area contributed by atoms with Crippen LogP contribution in [0.3, 0.4) is 0 Å². The zero-order chi connectivity index (χ0) is 18.5. The van der Waals surface area contributed by atoms with E-state index in [1.165, 1.54) is 16.5 Å². The van der Waals surface area contributed by atoms with Crippen molar-refractivity contribution in [3.63, 3.8) is 0 Å². The number of hydrogen-bond donors (Lipinski definition) is 2. The van der Waals surface area contributed by atoms with Crippen LogP contribution in [0.2, 0.25) is 0 Å². The Morgan fingerprint density at radius 1 is 1.15 bits per heavy atom. The molecule has 140 valence electrons. The number of pyridine rings is 1. The van der Waals surface area contributed by atoms with Crippen LogP contribution in [0.15, 0.2) is 54.9 Å². The van der Waals surface area contributed by atoms with Crippen molar-refractivity contribution in [2.75, 3.05) is 19.6 Å². The number of rotatable bonds is 6. The van der Waals surface area contributed by atoms with E-state index in [2.05, 4.69) is 50.6 Å². The average Bonchev–Trinajstić information content (AvgIpc) is 3.15. The van der Waals surface area contributed by atoms with Crippen LogP contribution in [0.5, 0.6) is 0 Å². The minimum absolute atomic E-state index is 0.123. The van der Waals surface area contributed by atoms with Gasteiger partial charge in [0.1, 0.15) is 0 Å². The summed E-state index contributed by atoms with van der Waals surface area (Å²) in [7, 11) is 0. The van der Waals surface area contributed by atoms with E-state index in [0.29, 0.717) is 6.54 Å². The van der Waals surface area contributed by atoms with E-state index in [-0.39, 0.29) is 11.8 Å². The molecule has 27 heavy (non-hydrogen) atoms. The van der Waals surface area contributed by atoms with Crippen LogP contribution in [0.4, 0.5) is 0 Å². The molecule has 0 spiro atoms. The predicted octanol–water partition coefficient (Wildman–Crippen LogP) is 3.13. The topological polar surface area (TPSA) is 61.0 Å². The third kappa shape index (κ3) is 4.37. The predicted molar refractivity (Wildman–Crippen MR) is 107 cm³/mol. The van der Waals surface area contributed by atoms with E-state index >= 15 is 0 Å². The molecule has 1 saturated heterocycles. The smallest absolute Gasteiger partial charge is 0.223 e. The first-order chi connectivity index (χ1) is 13.3. The van der Waals surface area contributed by atoms with E-state index in [1.54, 1.807) is 6.20 Å². The second kappa shape index (κ2) is 8.35. The van der Waals surface area contributed by atoms with Gasteiger partial charge in [0.15, 0.2) is 0 Å². The van der Waals surface area contributed by atoms with Crippen molar-refractivity contribution in [1.82, 2.24) is 20.2 Å². The summed E-state index contributed by atoms with van der Waals surface area (Å²) in [5.41, 5.74) is 3.48. The molecule has 1 aliphatic rings. The number of nitrogens with one attached hydrogen (secondary N) is 2. The number of nitrogens with zero attached hydrogens (tertiary/aromatic N) is 2. The molecule has 2 N–H and O–H groups in total. The molecule has 0 bridgehead atoms. The van der Waals surface area contributed by atoms with Gasteiger partial charge in [-0.2, -0.15) is 0 Å². The molecule has 1 aliphatic heterocycles. The SMILES string of the molecule is O=C(NCc1ccccn1)C1CCN(CCc2c[nH]c3ccccc23)CC1. The first-order valence-electron chi connectivity index (χ1n) is 9.74. The molecular formula is C22H26N4O. The molecule has 0 radical (unpaired) electrons. The zero-order valence-electron chi connectivity index (χ0n) is 15.5. The van der Waals surface area contributed by atoms with Gasteiger partial charge in [-0.3, -0.25) is 9.78 Å². The van der Waals surface area contributed by atoms with Crippen LogP contribution in [-0.2, 0) is 17.8 Å². The van der Waals surface area contributed by atoms with Crippen molar-refractivity contribution in [1.29, 1.82) is 0 Å². The lowest BCUT2D eigenvalue weighted by molar-refractivity contribution is -0.126. The van der Waals surface area contributed by atoms with E-state index < -0.39 is 0 Å². The standard InChI is InChI=1S/C22H26N4O/c27-22(25-16-19-5-3-4-11-23-19)17-8-12-26(13-9-17)14-10-18-15-24-21-7-2-1-6-20(18)21/h1-7,11,15,17,24H,8-10,12-14,16H2,(H,25,27). The molecule has 4 rings (SSSR count). The number of H-pyrrole nitrogens is 1. The monoisotopic (exact) mass is 362 g/mol. The summed E-state index contributed by atoms with van der Waals surface area (Å²) < 4.78 is 0. The van der Waals surface area contributed by atoms with Gasteiger partial charge in [0.25, 0.3) is 0 Å². The lowest BCUT2D eigenvalue weighted by atomic mass is 9.95.